The Morgan fingerprint density at radius 3 is 2.36 bits per heavy atom. The number of nitrogens with zero attached hydrogens (tertiary/aromatic N) is 3. The van der Waals surface area contributed by atoms with E-state index < -0.39 is 0 Å². The fourth-order valence-electron chi connectivity index (χ4n) is 3.85. The van der Waals surface area contributed by atoms with Crippen LogP contribution in [0.5, 0.6) is 11.5 Å². The molecule has 0 amide bonds. The molecule has 9 heteroatoms. The number of carbonyl (C=O) groups is 1. The first-order valence-electron chi connectivity index (χ1n) is 10.7. The van der Waals surface area contributed by atoms with E-state index in [1.165, 1.54) is 12.8 Å². The van der Waals surface area contributed by atoms with Gasteiger partial charge in [0.1, 0.15) is 11.5 Å². The highest BCUT2D eigenvalue weighted by molar-refractivity contribution is 9.10. The number of rotatable bonds is 8. The molecule has 1 fully saturated rings. The average Bonchev–Trinajstić information content (AvgIpc) is 3.25. The van der Waals surface area contributed by atoms with Gasteiger partial charge in [-0.15, -0.1) is 0 Å². The van der Waals surface area contributed by atoms with Gasteiger partial charge in [-0.3, -0.25) is 9.36 Å². The highest BCUT2D eigenvalue weighted by atomic mass is 79.9. The maximum absolute atomic E-state index is 13.5. The monoisotopic (exact) mass is 517 g/mol. The average molecular weight is 518 g/mol. The van der Waals surface area contributed by atoms with Crippen molar-refractivity contribution in [2.24, 2.45) is 0 Å². The van der Waals surface area contributed by atoms with Crippen molar-refractivity contribution >= 4 is 38.3 Å². The first kappa shape index (κ1) is 23.6. The molecule has 33 heavy (non-hydrogen) atoms. The number of ether oxygens (including phenoxy) is 4. The van der Waals surface area contributed by atoms with Crippen molar-refractivity contribution in [1.82, 2.24) is 9.47 Å². The lowest BCUT2D eigenvalue weighted by molar-refractivity contribution is 0.0454. The molecule has 1 aliphatic heterocycles. The number of fused-ring (bicyclic) bond motifs is 1. The molecule has 0 aliphatic carbocycles. The van der Waals surface area contributed by atoms with Gasteiger partial charge in [0.2, 0.25) is 0 Å². The van der Waals surface area contributed by atoms with E-state index in [4.69, 9.17) is 18.9 Å². The van der Waals surface area contributed by atoms with Gasteiger partial charge in [0, 0.05) is 79.8 Å². The fourth-order valence-corrected chi connectivity index (χ4v) is 4.44. The highest BCUT2D eigenvalue weighted by Gasteiger charge is 2.21. The van der Waals surface area contributed by atoms with Crippen LogP contribution in [-0.4, -0.2) is 76.4 Å². The van der Waals surface area contributed by atoms with Gasteiger partial charge < -0.3 is 28.7 Å². The normalized spacial score (nSPS) is 14.6. The molecule has 2 heterocycles. The third kappa shape index (κ3) is 5.33. The Morgan fingerprint density at radius 1 is 0.939 bits per heavy atom. The molecular formula is C24H28BrN3O5. The molecule has 4 rings (SSSR count). The van der Waals surface area contributed by atoms with Crippen molar-refractivity contribution in [2.45, 2.75) is 0 Å². The van der Waals surface area contributed by atoms with E-state index >= 15 is 0 Å². The van der Waals surface area contributed by atoms with Gasteiger partial charge in [0.05, 0.1) is 5.56 Å². The number of likely N-dealkylation sites (N-methyl/N-ethyl adjacent to an activating group) is 1. The molecule has 1 saturated heterocycles. The molecule has 3 aromatic rings. The number of methoxy groups -OCH3 is 2. The SMILES string of the molecule is COCOc1cc(Br)c(C(=O)n2cc3ccc(N4CCN(C)CC4)cc3c2)c(OCOC)c1. The Morgan fingerprint density at radius 2 is 1.64 bits per heavy atom. The summed E-state index contributed by atoms with van der Waals surface area (Å²) < 4.78 is 23.4. The molecule has 8 nitrogen and oxygen atoms in total. The van der Waals surface area contributed by atoms with Crippen molar-refractivity contribution in [3.63, 3.8) is 0 Å². The first-order chi connectivity index (χ1) is 16.0. The summed E-state index contributed by atoms with van der Waals surface area (Å²) in [5.74, 6) is 0.655. The molecule has 0 atom stereocenters. The molecule has 0 spiro atoms. The highest BCUT2D eigenvalue weighted by Crippen LogP contribution is 2.34. The van der Waals surface area contributed by atoms with Gasteiger partial charge in [-0.05, 0) is 41.2 Å². The minimum Gasteiger partial charge on any atom is -0.467 e. The van der Waals surface area contributed by atoms with Crippen LogP contribution in [0.2, 0.25) is 0 Å². The largest absolute Gasteiger partial charge is 0.467 e. The van der Waals surface area contributed by atoms with E-state index in [1.54, 1.807) is 23.8 Å². The lowest BCUT2D eigenvalue weighted by Crippen LogP contribution is -2.44. The van der Waals surface area contributed by atoms with Crippen molar-refractivity contribution in [1.29, 1.82) is 0 Å². The lowest BCUT2D eigenvalue weighted by Gasteiger charge is -2.34. The first-order valence-corrected chi connectivity index (χ1v) is 11.5. The molecular weight excluding hydrogens is 490 g/mol. The van der Waals surface area contributed by atoms with Gasteiger partial charge in [-0.2, -0.15) is 0 Å². The summed E-state index contributed by atoms with van der Waals surface area (Å²) in [5.41, 5.74) is 1.56. The predicted molar refractivity (Wildman–Crippen MR) is 131 cm³/mol. The Hall–Kier alpha value is -2.59. The summed E-state index contributed by atoms with van der Waals surface area (Å²) in [6, 6.07) is 9.70. The number of benzene rings is 2. The molecule has 1 aliphatic rings. The minimum absolute atomic E-state index is 0.00247. The second-order valence-corrected chi connectivity index (χ2v) is 8.81. The molecule has 1 aromatic heterocycles. The van der Waals surface area contributed by atoms with Gasteiger partial charge in [0.25, 0.3) is 5.91 Å². The third-order valence-electron chi connectivity index (χ3n) is 5.65. The van der Waals surface area contributed by atoms with E-state index in [2.05, 4.69) is 51.0 Å². The maximum atomic E-state index is 13.5. The number of carbonyl (C=O) groups excluding carboxylic acids is 1. The van der Waals surface area contributed by atoms with Crippen LogP contribution in [-0.2, 0) is 9.47 Å². The number of halogens is 1. The van der Waals surface area contributed by atoms with E-state index in [-0.39, 0.29) is 19.5 Å². The van der Waals surface area contributed by atoms with E-state index in [1.807, 2.05) is 12.4 Å². The Balaban J connectivity index is 1.64. The molecule has 176 valence electrons. The molecule has 0 unspecified atom stereocenters. The second-order valence-electron chi connectivity index (χ2n) is 7.95. The molecule has 0 saturated carbocycles. The molecule has 0 bridgehead atoms. The summed E-state index contributed by atoms with van der Waals surface area (Å²) in [6.07, 6.45) is 3.70. The number of anilines is 1. The zero-order valence-electron chi connectivity index (χ0n) is 19.0. The quantitative estimate of drug-likeness (QED) is 0.421. The van der Waals surface area contributed by atoms with E-state index in [9.17, 15) is 4.79 Å². The van der Waals surface area contributed by atoms with Crippen LogP contribution >= 0.6 is 15.9 Å². The minimum atomic E-state index is -0.219. The fraction of sp³-hybridized carbons (Fsp3) is 0.375. The zero-order valence-corrected chi connectivity index (χ0v) is 20.6. The summed E-state index contributed by atoms with van der Waals surface area (Å²) in [5, 5.41) is 2.01. The van der Waals surface area contributed by atoms with E-state index in [0.717, 1.165) is 37.0 Å². The van der Waals surface area contributed by atoms with E-state index in [0.29, 0.717) is 21.5 Å². The Kier molecular flexibility index (Phi) is 7.54. The van der Waals surface area contributed by atoms with Crippen LogP contribution in [0, 0.1) is 0 Å². The summed E-state index contributed by atoms with van der Waals surface area (Å²) in [7, 11) is 5.21. The Bertz CT molecular complexity index is 1120. The van der Waals surface area contributed by atoms with Crippen molar-refractivity contribution in [3.05, 3.63) is 52.8 Å². The van der Waals surface area contributed by atoms with Crippen LogP contribution in [0.15, 0.2) is 47.2 Å². The predicted octanol–water partition coefficient (Wildman–Crippen LogP) is 3.81. The van der Waals surface area contributed by atoms with Gasteiger partial charge in [-0.25, -0.2) is 0 Å². The van der Waals surface area contributed by atoms with Crippen LogP contribution in [0.3, 0.4) is 0 Å². The van der Waals surface area contributed by atoms with Crippen molar-refractivity contribution in [3.8, 4) is 11.5 Å². The van der Waals surface area contributed by atoms with Crippen molar-refractivity contribution < 1.29 is 23.7 Å². The van der Waals surface area contributed by atoms with Crippen LogP contribution in [0.4, 0.5) is 5.69 Å². The number of hydrogen-bond acceptors (Lipinski definition) is 7. The summed E-state index contributed by atoms with van der Waals surface area (Å²) in [4.78, 5) is 18.2. The van der Waals surface area contributed by atoms with Gasteiger partial charge in [0.15, 0.2) is 13.6 Å². The number of piperazine rings is 1. The topological polar surface area (TPSA) is 65.4 Å². The van der Waals surface area contributed by atoms with Crippen LogP contribution in [0.1, 0.15) is 10.4 Å². The maximum Gasteiger partial charge on any atom is 0.266 e. The van der Waals surface area contributed by atoms with Gasteiger partial charge >= 0.3 is 0 Å². The third-order valence-corrected chi connectivity index (χ3v) is 6.27. The number of aromatic nitrogens is 1. The number of hydrogen-bond donors (Lipinski definition) is 0. The molecule has 2 aromatic carbocycles. The van der Waals surface area contributed by atoms with Gasteiger partial charge in [-0.1, -0.05) is 6.07 Å². The summed E-state index contributed by atoms with van der Waals surface area (Å²) >= 11 is 3.51. The molecule has 0 radical (unpaired) electrons. The molecule has 0 N–H and O–H groups in total. The lowest BCUT2D eigenvalue weighted by atomic mass is 10.1. The van der Waals surface area contributed by atoms with Crippen LogP contribution < -0.4 is 14.4 Å². The zero-order chi connectivity index (χ0) is 23.4. The second kappa shape index (κ2) is 10.6. The summed E-state index contributed by atoms with van der Waals surface area (Å²) in [6.45, 7) is 4.16. The Labute approximate surface area is 201 Å². The van der Waals surface area contributed by atoms with Crippen LogP contribution in [0.25, 0.3) is 10.8 Å². The smallest absolute Gasteiger partial charge is 0.266 e. The standard InChI is InChI=1S/C24H28BrN3O5/c1-26-6-8-27(9-7-26)19-5-4-17-13-28(14-18(17)10-19)24(29)23-21(25)11-20(32-15-30-2)12-22(23)33-16-31-3/h4-5,10-14H,6-9,15-16H2,1-3H3. The van der Waals surface area contributed by atoms with Crippen molar-refractivity contribution in [2.75, 3.05) is 65.9 Å².